The first kappa shape index (κ1) is 5.35. The van der Waals surface area contributed by atoms with E-state index < -0.39 is 0 Å². The van der Waals surface area contributed by atoms with E-state index in [4.69, 9.17) is 0 Å². The lowest BCUT2D eigenvalue weighted by Gasteiger charge is -2.15. The number of hydrogen-bond donors (Lipinski definition) is 0. The molecule has 2 heteroatoms. The van der Waals surface area contributed by atoms with Crippen molar-refractivity contribution in [1.82, 2.24) is 9.55 Å². The van der Waals surface area contributed by atoms with Crippen LogP contribution in [-0.4, -0.2) is 9.55 Å². The molecule has 0 amide bonds. The summed E-state index contributed by atoms with van der Waals surface area (Å²) in [4.78, 5) is 4.46. The average molecular weight is 144 g/mol. The van der Waals surface area contributed by atoms with Gasteiger partial charge in [0, 0.05) is 13.0 Å². The molecule has 1 aliphatic heterocycles. The highest BCUT2D eigenvalue weighted by Gasteiger charge is 2.16. The molecule has 0 fully saturated rings. The highest BCUT2D eigenvalue weighted by molar-refractivity contribution is 5.76. The Labute approximate surface area is 64.5 Å². The molecule has 0 radical (unpaired) electrons. The second-order valence-corrected chi connectivity index (χ2v) is 2.92. The van der Waals surface area contributed by atoms with Gasteiger partial charge in [-0.25, -0.2) is 4.98 Å². The quantitative estimate of drug-likeness (QED) is 0.549. The van der Waals surface area contributed by atoms with E-state index >= 15 is 0 Å². The number of benzene rings is 1. The summed E-state index contributed by atoms with van der Waals surface area (Å²) in [6.45, 7) is 1.15. The second-order valence-electron chi connectivity index (χ2n) is 2.92. The number of aromatic nitrogens is 2. The fourth-order valence-electron chi connectivity index (χ4n) is 1.63. The van der Waals surface area contributed by atoms with E-state index in [-0.39, 0.29) is 0 Å². The summed E-state index contributed by atoms with van der Waals surface area (Å²) in [6, 6.07) is 8.30. The zero-order chi connectivity index (χ0) is 7.26. The lowest BCUT2D eigenvalue weighted by atomic mass is 10.2. The fraction of sp³-hybridized carbons (Fsp3) is 0.222. The highest BCUT2D eigenvalue weighted by Crippen LogP contribution is 2.22. The van der Waals surface area contributed by atoms with E-state index in [1.165, 1.54) is 11.3 Å². The Morgan fingerprint density at radius 1 is 1.27 bits per heavy atom. The number of fused-ring (bicyclic) bond motifs is 3. The number of para-hydroxylation sites is 2. The lowest BCUT2D eigenvalue weighted by Crippen LogP contribution is -2.16. The van der Waals surface area contributed by atoms with Crippen LogP contribution in [-0.2, 0) is 13.0 Å². The molecule has 0 unspecified atom stereocenters. The summed E-state index contributed by atoms with van der Waals surface area (Å²) in [5, 5.41) is 0. The van der Waals surface area contributed by atoms with Crippen LogP contribution in [0.3, 0.4) is 0 Å². The number of hydrogen-bond acceptors (Lipinski definition) is 1. The minimum Gasteiger partial charge on any atom is -0.327 e. The van der Waals surface area contributed by atoms with Gasteiger partial charge in [-0.3, -0.25) is 0 Å². The van der Waals surface area contributed by atoms with Crippen molar-refractivity contribution in [1.29, 1.82) is 0 Å². The van der Waals surface area contributed by atoms with Crippen LogP contribution in [0.2, 0.25) is 0 Å². The predicted molar refractivity (Wildman–Crippen MR) is 43.4 cm³/mol. The molecule has 0 spiro atoms. The first-order valence-corrected chi connectivity index (χ1v) is 3.89. The van der Waals surface area contributed by atoms with E-state index in [0.29, 0.717) is 0 Å². The van der Waals surface area contributed by atoms with Crippen LogP contribution >= 0.6 is 0 Å². The third-order valence-corrected chi connectivity index (χ3v) is 2.29. The smallest absolute Gasteiger partial charge is 0.111 e. The number of aryl methyl sites for hydroxylation is 2. The van der Waals surface area contributed by atoms with Gasteiger partial charge < -0.3 is 4.57 Å². The predicted octanol–water partition coefficient (Wildman–Crippen LogP) is 1.59. The third-order valence-electron chi connectivity index (χ3n) is 2.29. The Balaban J connectivity index is 2.53. The normalized spacial score (nSPS) is 14.5. The van der Waals surface area contributed by atoms with Crippen molar-refractivity contribution >= 4 is 11.0 Å². The Morgan fingerprint density at radius 3 is 3.00 bits per heavy atom. The molecule has 1 aromatic heterocycles. The first-order valence-electron chi connectivity index (χ1n) is 3.89. The Hall–Kier alpha value is -1.31. The summed E-state index contributed by atoms with van der Waals surface area (Å²) in [5.41, 5.74) is 2.42. The van der Waals surface area contributed by atoms with Crippen LogP contribution in [0.5, 0.6) is 0 Å². The van der Waals surface area contributed by atoms with Gasteiger partial charge in [-0.15, -0.1) is 0 Å². The van der Waals surface area contributed by atoms with Crippen molar-refractivity contribution in [3.8, 4) is 0 Å². The van der Waals surface area contributed by atoms with Crippen molar-refractivity contribution in [2.45, 2.75) is 13.0 Å². The van der Waals surface area contributed by atoms with Crippen LogP contribution < -0.4 is 0 Å². The summed E-state index contributed by atoms with van der Waals surface area (Å²) >= 11 is 0. The maximum atomic E-state index is 4.46. The topological polar surface area (TPSA) is 17.8 Å². The number of nitrogens with zero attached hydrogens (tertiary/aromatic N) is 2. The van der Waals surface area contributed by atoms with Crippen LogP contribution in [0.4, 0.5) is 0 Å². The minimum atomic E-state index is 1.14. The highest BCUT2D eigenvalue weighted by atomic mass is 15.1. The van der Waals surface area contributed by atoms with Crippen LogP contribution in [0.1, 0.15) is 5.82 Å². The zero-order valence-corrected chi connectivity index (χ0v) is 6.12. The molecule has 0 aliphatic carbocycles. The molecule has 3 rings (SSSR count). The van der Waals surface area contributed by atoms with Crippen molar-refractivity contribution in [2.24, 2.45) is 0 Å². The Kier molecular flexibility index (Phi) is 0.799. The molecule has 2 heterocycles. The molecule has 2 nitrogen and oxygen atoms in total. The lowest BCUT2D eigenvalue weighted by molar-refractivity contribution is 0.554. The largest absolute Gasteiger partial charge is 0.327 e. The molecule has 0 saturated carbocycles. The van der Waals surface area contributed by atoms with Gasteiger partial charge in [0.05, 0.1) is 11.0 Å². The van der Waals surface area contributed by atoms with Crippen molar-refractivity contribution in [2.75, 3.05) is 0 Å². The molecular weight excluding hydrogens is 136 g/mol. The number of rotatable bonds is 0. The van der Waals surface area contributed by atoms with E-state index in [9.17, 15) is 0 Å². The molecule has 0 atom stereocenters. The molecule has 0 bridgehead atoms. The van der Waals surface area contributed by atoms with Gasteiger partial charge in [-0.05, 0) is 12.1 Å². The Bertz CT molecular complexity index is 414. The van der Waals surface area contributed by atoms with Gasteiger partial charge in [-0.1, -0.05) is 12.1 Å². The standard InChI is InChI=1S/C9H8N2/c1-2-4-8-7(3-1)10-9-5-6-11(8)9/h1-4H,5-6H2. The van der Waals surface area contributed by atoms with Gasteiger partial charge in [0.2, 0.25) is 0 Å². The molecular formula is C9H8N2. The maximum absolute atomic E-state index is 4.46. The SMILES string of the molecule is c1ccc2c(c1)nc1n2CC1. The van der Waals surface area contributed by atoms with Crippen LogP contribution in [0.15, 0.2) is 24.3 Å². The first-order chi connectivity index (χ1) is 5.45. The van der Waals surface area contributed by atoms with Gasteiger partial charge in [0.15, 0.2) is 0 Å². The van der Waals surface area contributed by atoms with E-state index in [0.717, 1.165) is 18.5 Å². The van der Waals surface area contributed by atoms with Crippen LogP contribution in [0.25, 0.3) is 11.0 Å². The molecule has 11 heavy (non-hydrogen) atoms. The van der Waals surface area contributed by atoms with Gasteiger partial charge >= 0.3 is 0 Å². The molecule has 1 aromatic carbocycles. The molecule has 2 aromatic rings. The van der Waals surface area contributed by atoms with Crippen molar-refractivity contribution in [3.63, 3.8) is 0 Å². The molecule has 0 N–H and O–H groups in total. The van der Waals surface area contributed by atoms with Gasteiger partial charge in [0.25, 0.3) is 0 Å². The summed E-state index contributed by atoms with van der Waals surface area (Å²) in [7, 11) is 0. The van der Waals surface area contributed by atoms with Crippen LogP contribution in [0, 0.1) is 0 Å². The van der Waals surface area contributed by atoms with E-state index in [1.807, 2.05) is 6.07 Å². The minimum absolute atomic E-state index is 1.14. The molecule has 54 valence electrons. The third kappa shape index (κ3) is 0.546. The summed E-state index contributed by atoms with van der Waals surface area (Å²) in [6.07, 6.45) is 1.15. The zero-order valence-electron chi connectivity index (χ0n) is 6.12. The molecule has 1 aliphatic rings. The van der Waals surface area contributed by atoms with Crippen molar-refractivity contribution < 1.29 is 0 Å². The maximum Gasteiger partial charge on any atom is 0.111 e. The molecule has 0 saturated heterocycles. The monoisotopic (exact) mass is 144 g/mol. The van der Waals surface area contributed by atoms with Gasteiger partial charge in [-0.2, -0.15) is 0 Å². The second kappa shape index (κ2) is 1.64. The average Bonchev–Trinajstić information content (AvgIpc) is 2.23. The van der Waals surface area contributed by atoms with Crippen molar-refractivity contribution in [3.05, 3.63) is 30.1 Å². The fourth-order valence-corrected chi connectivity index (χ4v) is 1.63. The Morgan fingerprint density at radius 2 is 2.18 bits per heavy atom. The van der Waals surface area contributed by atoms with Gasteiger partial charge in [0.1, 0.15) is 5.82 Å². The summed E-state index contributed by atoms with van der Waals surface area (Å²) < 4.78 is 2.27. The number of imidazole rings is 1. The summed E-state index contributed by atoms with van der Waals surface area (Å²) in [5.74, 6) is 1.24. The van der Waals surface area contributed by atoms with E-state index in [1.54, 1.807) is 0 Å². The van der Waals surface area contributed by atoms with E-state index in [2.05, 4.69) is 27.8 Å².